The first kappa shape index (κ1) is 10.5. The molecule has 0 fully saturated rings. The minimum Gasteiger partial charge on any atom is -0.336 e. The lowest BCUT2D eigenvalue weighted by Gasteiger charge is -1.97. The van der Waals surface area contributed by atoms with Crippen LogP contribution in [-0.4, -0.2) is 4.57 Å². The number of rotatable bonds is 1. The molecule has 78 valence electrons. The van der Waals surface area contributed by atoms with E-state index >= 15 is 0 Å². The Morgan fingerprint density at radius 1 is 0.933 bits per heavy atom. The third-order valence-electron chi connectivity index (χ3n) is 2.28. The van der Waals surface area contributed by atoms with E-state index in [2.05, 4.69) is 11.5 Å². The van der Waals surface area contributed by atoms with E-state index in [0.29, 0.717) is 0 Å². The van der Waals surface area contributed by atoms with E-state index in [4.69, 9.17) is 24.4 Å². The first-order valence-electron chi connectivity index (χ1n) is 4.28. The van der Waals surface area contributed by atoms with Gasteiger partial charge in [-0.1, -0.05) is 65.8 Å². The highest BCUT2D eigenvalue weighted by molar-refractivity contribution is 7.83. The maximum Gasteiger partial charge on any atom is 0.126 e. The molecule has 0 aliphatic heterocycles. The Morgan fingerprint density at radius 2 is 1.40 bits per heavy atom. The molecular formula is C8H5NS6. The number of fused-ring (bicyclic) bond motifs is 3. The molecule has 0 N–H and O–H groups in total. The van der Waals surface area contributed by atoms with E-state index in [9.17, 15) is 0 Å². The molecule has 0 radical (unpaired) electrons. The lowest BCUT2D eigenvalue weighted by molar-refractivity contribution is 0.828. The summed E-state index contributed by atoms with van der Waals surface area (Å²) < 4.78 is 6.94. The standard InChI is InChI=1S/C8H5NS6/c1-2-9-3-5(12-14-7(3)10)6-4(9)8(11)15-13-6/h2H2,1H3. The van der Waals surface area contributed by atoms with Crippen molar-refractivity contribution in [1.82, 2.24) is 4.57 Å². The van der Waals surface area contributed by atoms with E-state index in [1.54, 1.807) is 41.4 Å². The molecule has 3 rings (SSSR count). The molecular weight excluding hydrogens is 302 g/mol. The summed E-state index contributed by atoms with van der Waals surface area (Å²) in [4.78, 5) is 0. The zero-order valence-electron chi connectivity index (χ0n) is 7.60. The van der Waals surface area contributed by atoms with Gasteiger partial charge in [0.15, 0.2) is 0 Å². The van der Waals surface area contributed by atoms with Crippen LogP contribution in [-0.2, 0) is 6.54 Å². The van der Waals surface area contributed by atoms with Gasteiger partial charge >= 0.3 is 0 Å². The third kappa shape index (κ3) is 1.34. The maximum absolute atomic E-state index is 5.37. The molecule has 3 heterocycles. The highest BCUT2D eigenvalue weighted by Crippen LogP contribution is 2.42. The van der Waals surface area contributed by atoms with Gasteiger partial charge in [-0.25, -0.2) is 0 Å². The molecule has 0 bridgehead atoms. The third-order valence-corrected chi connectivity index (χ3v) is 8.41. The number of hydrogen-bond donors (Lipinski definition) is 0. The zero-order valence-corrected chi connectivity index (χ0v) is 12.5. The van der Waals surface area contributed by atoms with Gasteiger partial charge in [0.25, 0.3) is 0 Å². The van der Waals surface area contributed by atoms with Crippen LogP contribution < -0.4 is 0 Å². The van der Waals surface area contributed by atoms with Crippen molar-refractivity contribution in [3.8, 4) is 0 Å². The number of aromatic nitrogens is 1. The molecule has 1 nitrogen and oxygen atoms in total. The van der Waals surface area contributed by atoms with E-state index < -0.39 is 0 Å². The van der Waals surface area contributed by atoms with Crippen molar-refractivity contribution in [1.29, 1.82) is 0 Å². The van der Waals surface area contributed by atoms with Crippen LogP contribution in [0.5, 0.6) is 0 Å². The van der Waals surface area contributed by atoms with Crippen molar-refractivity contribution >= 4 is 86.2 Å². The van der Waals surface area contributed by atoms with Crippen molar-refractivity contribution in [2.24, 2.45) is 0 Å². The molecule has 0 amide bonds. The first-order valence-corrected chi connectivity index (χ1v) is 9.39. The molecule has 0 atom stereocenters. The van der Waals surface area contributed by atoms with Gasteiger partial charge in [0.1, 0.15) is 7.65 Å². The first-order chi connectivity index (χ1) is 7.24. The van der Waals surface area contributed by atoms with Crippen LogP contribution in [0, 0.1) is 7.65 Å². The Balaban J connectivity index is 2.76. The molecule has 0 aromatic carbocycles. The van der Waals surface area contributed by atoms with E-state index in [1.165, 1.54) is 20.4 Å². The lowest BCUT2D eigenvalue weighted by Crippen LogP contribution is -1.91. The molecule has 3 aromatic heterocycles. The largest absolute Gasteiger partial charge is 0.336 e. The van der Waals surface area contributed by atoms with Crippen LogP contribution >= 0.6 is 65.8 Å². The number of aryl methyl sites for hydroxylation is 1. The summed E-state index contributed by atoms with van der Waals surface area (Å²) in [5.74, 6) is 0. The van der Waals surface area contributed by atoms with Crippen LogP contribution in [0.4, 0.5) is 0 Å². The van der Waals surface area contributed by atoms with Crippen molar-refractivity contribution < 1.29 is 0 Å². The van der Waals surface area contributed by atoms with Gasteiger partial charge in [-0.15, -0.1) is 0 Å². The average Bonchev–Trinajstić information content (AvgIpc) is 2.83. The second-order valence-electron chi connectivity index (χ2n) is 3.01. The maximum atomic E-state index is 5.37. The summed E-state index contributed by atoms with van der Waals surface area (Å²) in [5, 5.41) is 0. The summed E-state index contributed by atoms with van der Waals surface area (Å²) in [6.07, 6.45) is 0. The molecule has 0 spiro atoms. The van der Waals surface area contributed by atoms with Gasteiger partial charge < -0.3 is 4.57 Å². The van der Waals surface area contributed by atoms with Gasteiger partial charge in [-0.2, -0.15) is 0 Å². The highest BCUT2D eigenvalue weighted by atomic mass is 32.9. The Kier molecular flexibility index (Phi) is 2.57. The van der Waals surface area contributed by atoms with E-state index in [-0.39, 0.29) is 0 Å². The van der Waals surface area contributed by atoms with Crippen LogP contribution in [0.3, 0.4) is 0 Å². The monoisotopic (exact) mass is 307 g/mol. The smallest absolute Gasteiger partial charge is 0.126 e. The van der Waals surface area contributed by atoms with E-state index in [0.717, 1.165) is 14.2 Å². The zero-order chi connectivity index (χ0) is 10.6. The van der Waals surface area contributed by atoms with Gasteiger partial charge in [0.2, 0.25) is 0 Å². The quantitative estimate of drug-likeness (QED) is 0.431. The lowest BCUT2D eigenvalue weighted by atomic mass is 10.5. The molecule has 0 aliphatic carbocycles. The molecule has 3 aromatic rings. The molecule has 0 aliphatic rings. The summed E-state index contributed by atoms with van der Waals surface area (Å²) in [5.41, 5.74) is 2.45. The molecule has 0 unspecified atom stereocenters. The van der Waals surface area contributed by atoms with Crippen molar-refractivity contribution in [3.05, 3.63) is 7.65 Å². The van der Waals surface area contributed by atoms with Crippen molar-refractivity contribution in [2.45, 2.75) is 13.5 Å². The SMILES string of the molecule is CCn1c2c(=S)ssc2c2ssc(=S)c21. The summed E-state index contributed by atoms with van der Waals surface area (Å²) in [6, 6.07) is 0. The minimum absolute atomic E-state index is 0.945. The fraction of sp³-hybridized carbons (Fsp3) is 0.250. The summed E-state index contributed by atoms with van der Waals surface area (Å²) in [6.45, 7) is 3.09. The van der Waals surface area contributed by atoms with Crippen LogP contribution in [0.25, 0.3) is 20.4 Å². The molecule has 7 heteroatoms. The van der Waals surface area contributed by atoms with Gasteiger partial charge in [-0.05, 0) is 6.92 Å². The average molecular weight is 308 g/mol. The van der Waals surface area contributed by atoms with Gasteiger partial charge in [-0.3, -0.25) is 0 Å². The fourth-order valence-corrected chi connectivity index (χ4v) is 7.78. The summed E-state index contributed by atoms with van der Waals surface area (Å²) in [7, 11) is 6.94. The molecule has 0 saturated carbocycles. The fourth-order valence-electron chi connectivity index (χ4n) is 1.69. The number of nitrogens with zero attached hydrogens (tertiary/aromatic N) is 1. The predicted molar refractivity (Wildman–Crippen MR) is 78.3 cm³/mol. The van der Waals surface area contributed by atoms with E-state index in [1.807, 2.05) is 0 Å². The minimum atomic E-state index is 0.945. The number of hydrogen-bond acceptors (Lipinski definition) is 6. The Hall–Kier alpha value is 0.340. The Labute approximate surface area is 111 Å². The van der Waals surface area contributed by atoms with Crippen LogP contribution in [0.1, 0.15) is 6.92 Å². The molecule has 15 heavy (non-hydrogen) atoms. The van der Waals surface area contributed by atoms with Crippen LogP contribution in [0.2, 0.25) is 0 Å². The molecule has 0 saturated heterocycles. The summed E-state index contributed by atoms with van der Waals surface area (Å²) >= 11 is 10.7. The second-order valence-corrected chi connectivity index (χ2v) is 8.64. The van der Waals surface area contributed by atoms with Gasteiger partial charge in [0, 0.05) is 6.54 Å². The van der Waals surface area contributed by atoms with Crippen molar-refractivity contribution in [2.75, 3.05) is 0 Å². The highest BCUT2D eigenvalue weighted by Gasteiger charge is 2.16. The van der Waals surface area contributed by atoms with Gasteiger partial charge in [0.05, 0.1) is 20.4 Å². The second kappa shape index (κ2) is 3.68. The topological polar surface area (TPSA) is 4.93 Å². The van der Waals surface area contributed by atoms with Crippen LogP contribution in [0.15, 0.2) is 0 Å². The predicted octanol–water partition coefficient (Wildman–Crippen LogP) is 5.52. The Bertz CT molecular complexity index is 685. The van der Waals surface area contributed by atoms with Crippen molar-refractivity contribution in [3.63, 3.8) is 0 Å². The normalized spacial score (nSPS) is 11.8. The Morgan fingerprint density at radius 3 is 1.80 bits per heavy atom.